The van der Waals surface area contributed by atoms with Crippen molar-refractivity contribution in [3.05, 3.63) is 47.4 Å². The smallest absolute Gasteiger partial charge is 0.236 e. The summed E-state index contributed by atoms with van der Waals surface area (Å²) in [6, 6.07) is 0. The quantitative estimate of drug-likeness (QED) is 0.130. The minimum Gasteiger partial charge on any atom is -0.420 e. The van der Waals surface area contributed by atoms with E-state index in [-0.39, 0.29) is 0 Å². The highest BCUT2D eigenvalue weighted by molar-refractivity contribution is 8.31. The van der Waals surface area contributed by atoms with E-state index in [4.69, 9.17) is 16.7 Å². The molecule has 3 fully saturated rings. The van der Waals surface area contributed by atoms with Crippen molar-refractivity contribution >= 4 is 40.7 Å². The van der Waals surface area contributed by atoms with E-state index in [1.54, 1.807) is 12.0 Å². The van der Waals surface area contributed by atoms with Crippen LogP contribution in [0.3, 0.4) is 0 Å². The Labute approximate surface area is 266 Å². The van der Waals surface area contributed by atoms with Gasteiger partial charge >= 0.3 is 0 Å². The van der Waals surface area contributed by atoms with Crippen LogP contribution >= 0.6 is 22.6 Å². The molecule has 4 unspecified atom stereocenters. The lowest BCUT2D eigenvalue weighted by Crippen LogP contribution is -2.40. The lowest BCUT2D eigenvalue weighted by molar-refractivity contribution is 0.112. The molecule has 0 aliphatic heterocycles. The molecule has 5 rings (SSSR count). The van der Waals surface area contributed by atoms with Crippen LogP contribution in [0.4, 0.5) is 0 Å². The predicted molar refractivity (Wildman–Crippen MR) is 188 cm³/mol. The van der Waals surface area contributed by atoms with E-state index in [2.05, 4.69) is 49.1 Å². The van der Waals surface area contributed by atoms with Gasteiger partial charge in [0, 0.05) is 4.91 Å². The summed E-state index contributed by atoms with van der Waals surface area (Å²) in [5, 5.41) is 0.470. The SMILES string of the molecule is C[SiH](OC[SiH](OS(COCC1CCCCC1)(OSC1=CCCC=C1)C1CCCCC1)C1CCCCC1)C1C=CC=CC1. The van der Waals surface area contributed by atoms with Gasteiger partial charge in [-0.15, -0.1) is 0 Å². The van der Waals surface area contributed by atoms with Gasteiger partial charge in [-0.2, -0.15) is 10.6 Å². The molecule has 0 spiro atoms. The Hall–Kier alpha value is -0.0662. The molecule has 238 valence electrons. The first-order chi connectivity index (χ1) is 20.7. The van der Waals surface area contributed by atoms with Crippen LogP contribution in [0.5, 0.6) is 0 Å². The standard InChI is InChI=1S/C34H58O4S2Si2/c1-41(33-23-13-5-14-24-33)36-29-42(34-25-15-6-16-26-34)38-40(32-21-11-4-12-22-32,37-39-31-19-9-3-10-20-31)28-35-27-30-17-7-2-8-18-30/h5,9,13-14,19-20,23,30,32-34,41-42H,2-4,6-8,10-12,15-18,21-22,24-29H2,1H3. The Morgan fingerprint density at radius 1 is 0.857 bits per heavy atom. The molecule has 0 aromatic carbocycles. The van der Waals surface area contributed by atoms with Crippen molar-refractivity contribution in [3.8, 4) is 0 Å². The summed E-state index contributed by atoms with van der Waals surface area (Å²) >= 11 is 1.60. The van der Waals surface area contributed by atoms with Crippen molar-refractivity contribution in [1.82, 2.24) is 0 Å². The molecule has 4 nitrogen and oxygen atoms in total. The first-order valence-corrected chi connectivity index (χ1v) is 24.2. The molecule has 0 N–H and O–H groups in total. The highest BCUT2D eigenvalue weighted by Crippen LogP contribution is 2.63. The number of hydrogen-bond donors (Lipinski definition) is 0. The monoisotopic (exact) mass is 650 g/mol. The number of ether oxygens (including phenoxy) is 1. The number of rotatable bonds is 15. The maximum Gasteiger partial charge on any atom is 0.236 e. The second kappa shape index (κ2) is 18.2. The van der Waals surface area contributed by atoms with Crippen LogP contribution in [0, 0.1) is 5.92 Å². The predicted octanol–water partition coefficient (Wildman–Crippen LogP) is 10.3. The maximum atomic E-state index is 7.70. The minimum absolute atomic E-state index is 0.470. The van der Waals surface area contributed by atoms with E-state index >= 15 is 0 Å². The van der Waals surface area contributed by atoms with Gasteiger partial charge in [-0.1, -0.05) is 113 Å². The van der Waals surface area contributed by atoms with E-state index < -0.39 is 28.7 Å². The van der Waals surface area contributed by atoms with Crippen molar-refractivity contribution < 1.29 is 16.7 Å². The van der Waals surface area contributed by atoms with Gasteiger partial charge in [0.05, 0.1) is 30.1 Å². The van der Waals surface area contributed by atoms with Gasteiger partial charge in [0.1, 0.15) is 5.94 Å². The van der Waals surface area contributed by atoms with Gasteiger partial charge in [-0.25, -0.2) is 3.63 Å². The molecule has 5 aliphatic rings. The molecule has 8 heteroatoms. The van der Waals surface area contributed by atoms with Crippen LogP contribution in [-0.4, -0.2) is 42.1 Å². The summed E-state index contributed by atoms with van der Waals surface area (Å²) in [5.74, 6) is 1.36. The fourth-order valence-electron chi connectivity index (χ4n) is 7.43. The van der Waals surface area contributed by atoms with Crippen molar-refractivity contribution in [2.75, 3.05) is 18.8 Å². The maximum absolute atomic E-state index is 7.70. The van der Waals surface area contributed by atoms with Gasteiger partial charge < -0.3 is 13.0 Å². The summed E-state index contributed by atoms with van der Waals surface area (Å²) in [5.41, 5.74) is 1.29. The van der Waals surface area contributed by atoms with E-state index in [0.29, 0.717) is 28.2 Å². The molecule has 3 saturated carbocycles. The molecule has 42 heavy (non-hydrogen) atoms. The molecular formula is C34H58O4S2Si2. The second-order valence-corrected chi connectivity index (χ2v) is 22.6. The van der Waals surface area contributed by atoms with Crippen LogP contribution in [-0.2, 0) is 16.7 Å². The summed E-state index contributed by atoms with van der Waals surface area (Å²) in [7, 11) is -4.95. The summed E-state index contributed by atoms with van der Waals surface area (Å²) in [6.07, 6.45) is 40.0. The van der Waals surface area contributed by atoms with Gasteiger partial charge in [0.25, 0.3) is 0 Å². The molecule has 5 aliphatic carbocycles. The molecule has 0 aromatic heterocycles. The molecule has 0 bridgehead atoms. The summed E-state index contributed by atoms with van der Waals surface area (Å²) in [6.45, 7) is 3.28. The Morgan fingerprint density at radius 2 is 1.60 bits per heavy atom. The third kappa shape index (κ3) is 10.2. The van der Waals surface area contributed by atoms with Gasteiger partial charge in [0.15, 0.2) is 9.04 Å². The summed E-state index contributed by atoms with van der Waals surface area (Å²) < 4.78 is 28.5. The van der Waals surface area contributed by atoms with Crippen LogP contribution in [0.25, 0.3) is 0 Å². The van der Waals surface area contributed by atoms with Crippen LogP contribution in [0.2, 0.25) is 17.6 Å². The Balaban J connectivity index is 1.35. The average Bonchev–Trinajstić information content (AvgIpc) is 3.07. The van der Waals surface area contributed by atoms with E-state index in [1.165, 1.54) is 101 Å². The van der Waals surface area contributed by atoms with Gasteiger partial charge in [-0.05, 0) is 68.5 Å². The van der Waals surface area contributed by atoms with Gasteiger partial charge in [0.2, 0.25) is 9.04 Å². The molecule has 0 heterocycles. The zero-order valence-corrected chi connectivity index (χ0v) is 30.2. The van der Waals surface area contributed by atoms with E-state index in [9.17, 15) is 0 Å². The van der Waals surface area contributed by atoms with Crippen molar-refractivity contribution in [3.63, 3.8) is 0 Å². The normalized spacial score (nSPS) is 28.2. The molecular weight excluding hydrogens is 593 g/mol. The van der Waals surface area contributed by atoms with Crippen LogP contribution in [0.15, 0.2) is 47.4 Å². The highest BCUT2D eigenvalue weighted by atomic mass is 32.3. The first-order valence-electron chi connectivity index (χ1n) is 17.5. The third-order valence-electron chi connectivity index (χ3n) is 10.2. The van der Waals surface area contributed by atoms with E-state index in [0.717, 1.165) is 32.1 Å². The Kier molecular flexibility index (Phi) is 14.4. The van der Waals surface area contributed by atoms with E-state index in [1.807, 2.05) is 0 Å². The highest BCUT2D eigenvalue weighted by Gasteiger charge is 2.40. The minimum atomic E-state index is -1.88. The Morgan fingerprint density at radius 3 is 2.29 bits per heavy atom. The molecule has 4 atom stereocenters. The zero-order valence-electron chi connectivity index (χ0n) is 26.3. The number of allylic oxidation sites excluding steroid dienone is 7. The molecule has 0 amide bonds. The fourth-order valence-corrected chi connectivity index (χ4v) is 19.2. The van der Waals surface area contributed by atoms with Crippen molar-refractivity contribution in [2.24, 2.45) is 5.92 Å². The lowest BCUT2D eigenvalue weighted by atomic mass is 9.90. The average molecular weight is 651 g/mol. The zero-order chi connectivity index (χ0) is 28.9. The second-order valence-electron chi connectivity index (χ2n) is 13.4. The van der Waals surface area contributed by atoms with Crippen molar-refractivity contribution in [2.45, 2.75) is 138 Å². The topological polar surface area (TPSA) is 36.9 Å². The molecule has 0 saturated heterocycles. The molecule has 0 aromatic rings. The lowest BCUT2D eigenvalue weighted by Gasteiger charge is -2.52. The summed E-state index contributed by atoms with van der Waals surface area (Å²) in [4.78, 5) is 1.25. The van der Waals surface area contributed by atoms with Crippen molar-refractivity contribution in [1.29, 1.82) is 0 Å². The van der Waals surface area contributed by atoms with Gasteiger partial charge in [-0.3, -0.25) is 0 Å². The first kappa shape index (κ1) is 33.3. The fraction of sp³-hybridized carbons (Fsp3) is 0.765. The largest absolute Gasteiger partial charge is 0.420 e. The Bertz CT molecular complexity index is 909. The molecule has 0 radical (unpaired) electrons. The number of hydrogen-bond acceptors (Lipinski definition) is 5. The third-order valence-corrected chi connectivity index (χ3v) is 21.2. The van der Waals surface area contributed by atoms with Crippen LogP contribution < -0.4 is 0 Å². The van der Waals surface area contributed by atoms with Crippen LogP contribution in [0.1, 0.15) is 116 Å².